The minimum absolute atomic E-state index is 0.0839. The molecule has 0 saturated heterocycles. The van der Waals surface area contributed by atoms with Crippen LogP contribution in [0.1, 0.15) is 5.69 Å². The van der Waals surface area contributed by atoms with Crippen LogP contribution in [0.2, 0.25) is 0 Å². The molecule has 0 radical (unpaired) electrons. The molecule has 0 aliphatic carbocycles. The van der Waals surface area contributed by atoms with Gasteiger partial charge in [0.25, 0.3) is 0 Å². The second kappa shape index (κ2) is 8.87. The number of hydrogen-bond acceptors (Lipinski definition) is 7. The van der Waals surface area contributed by atoms with E-state index in [1.54, 1.807) is 30.3 Å². The van der Waals surface area contributed by atoms with E-state index in [4.69, 9.17) is 0 Å². The van der Waals surface area contributed by atoms with Crippen LogP contribution >= 0.6 is 0 Å². The summed E-state index contributed by atoms with van der Waals surface area (Å²) in [5.41, 5.74) is 1.79. The molecule has 3 aromatic heterocycles. The van der Waals surface area contributed by atoms with Crippen LogP contribution in [0.3, 0.4) is 0 Å². The SMILES string of the molecule is Cn1nc(C(F)(F)CO)c2c1c1ccc(-c3cccc(S(C)(=O)=O)c3)cc1[n+]1c(-c3ccc4c(c3)OC(F)(F)O4)cnn21. The molecule has 0 amide bonds. The minimum atomic E-state index is -3.84. The van der Waals surface area contributed by atoms with E-state index in [0.717, 1.165) is 6.26 Å². The average molecular weight is 615 g/mol. The zero-order valence-electron chi connectivity index (χ0n) is 22.3. The van der Waals surface area contributed by atoms with E-state index in [0.29, 0.717) is 33.3 Å². The van der Waals surface area contributed by atoms with Crippen molar-refractivity contribution in [2.45, 2.75) is 17.1 Å². The van der Waals surface area contributed by atoms with Gasteiger partial charge in [-0.1, -0.05) is 18.2 Å². The Morgan fingerprint density at radius 2 is 1.70 bits per heavy atom. The van der Waals surface area contributed by atoms with E-state index in [1.165, 1.54) is 57.4 Å². The van der Waals surface area contributed by atoms with Gasteiger partial charge in [-0.15, -0.1) is 13.3 Å². The van der Waals surface area contributed by atoms with Crippen molar-refractivity contribution in [1.82, 2.24) is 19.5 Å². The Morgan fingerprint density at radius 3 is 2.44 bits per heavy atom. The van der Waals surface area contributed by atoms with E-state index >= 15 is 8.78 Å². The highest BCUT2D eigenvalue weighted by atomic mass is 32.2. The summed E-state index contributed by atoms with van der Waals surface area (Å²) in [5, 5.41) is 18.4. The Kier molecular flexibility index (Phi) is 5.59. The van der Waals surface area contributed by atoms with Crippen molar-refractivity contribution in [3.05, 3.63) is 72.6 Å². The predicted molar refractivity (Wildman–Crippen MR) is 144 cm³/mol. The van der Waals surface area contributed by atoms with Crippen LogP contribution in [0.4, 0.5) is 17.6 Å². The van der Waals surface area contributed by atoms with Gasteiger partial charge in [-0.25, -0.2) is 8.42 Å². The average Bonchev–Trinajstić information content (AvgIpc) is 3.64. The predicted octanol–water partition coefficient (Wildman–Crippen LogP) is 4.10. The third-order valence-electron chi connectivity index (χ3n) is 7.25. The Labute approximate surface area is 239 Å². The normalized spacial score (nSPS) is 14.8. The number of sulfone groups is 1. The van der Waals surface area contributed by atoms with Gasteiger partial charge >= 0.3 is 12.2 Å². The lowest BCUT2D eigenvalue weighted by Gasteiger charge is -2.10. The molecule has 0 unspecified atom stereocenters. The molecule has 1 N–H and O–H groups in total. The summed E-state index contributed by atoms with van der Waals surface area (Å²) in [7, 11) is -2.02. The fraction of sp³-hybridized carbons (Fsp3) is 0.179. The molecule has 3 aromatic carbocycles. The standard InChI is InChI=1S/C28H20F4N5O5S/c1-35-24-19-8-6-16(15-4-3-5-18(10-15)43(2,39)40)11-20(19)36-21(17-7-9-22-23(12-17)42-28(31,32)41-22)13-33-37(36)25(24)26(34-35)27(29,30)14-38/h3-13,38H,14H2,1-2H3/q+1. The van der Waals surface area contributed by atoms with Crippen molar-refractivity contribution in [1.29, 1.82) is 0 Å². The Morgan fingerprint density at radius 1 is 0.977 bits per heavy atom. The number of aromatic nitrogens is 5. The molecule has 0 bridgehead atoms. The number of benzene rings is 3. The van der Waals surface area contributed by atoms with Crippen LogP contribution in [0.15, 0.2) is 71.8 Å². The van der Waals surface area contributed by atoms with Crippen molar-refractivity contribution in [3.8, 4) is 33.9 Å². The van der Waals surface area contributed by atoms with E-state index < -0.39 is 34.4 Å². The van der Waals surface area contributed by atoms with Gasteiger partial charge < -0.3 is 14.6 Å². The van der Waals surface area contributed by atoms with Crippen LogP contribution in [-0.4, -0.2) is 52.2 Å². The molecule has 0 spiro atoms. The Bertz CT molecular complexity index is 2250. The second-order valence-electron chi connectivity index (χ2n) is 10.1. The molecular weight excluding hydrogens is 594 g/mol. The van der Waals surface area contributed by atoms with E-state index in [2.05, 4.69) is 19.7 Å². The van der Waals surface area contributed by atoms with Crippen LogP contribution in [0.5, 0.6) is 11.5 Å². The molecule has 15 heteroatoms. The summed E-state index contributed by atoms with van der Waals surface area (Å²) in [6.07, 6.45) is -1.37. The van der Waals surface area contributed by atoms with Gasteiger partial charge in [-0.05, 0) is 58.2 Å². The summed E-state index contributed by atoms with van der Waals surface area (Å²) < 4.78 is 95.0. The number of fused-ring (bicyclic) bond motifs is 7. The quantitative estimate of drug-likeness (QED) is 0.230. The second-order valence-corrected chi connectivity index (χ2v) is 12.1. The summed E-state index contributed by atoms with van der Waals surface area (Å²) in [4.78, 5) is 0.114. The first-order valence-electron chi connectivity index (χ1n) is 12.7. The fourth-order valence-corrected chi connectivity index (χ4v) is 6.00. The highest BCUT2D eigenvalue weighted by molar-refractivity contribution is 7.90. The number of aliphatic hydroxyl groups excluding tert-OH is 1. The fourth-order valence-electron chi connectivity index (χ4n) is 5.33. The lowest BCUT2D eigenvalue weighted by Crippen LogP contribution is -2.33. The maximum atomic E-state index is 15.0. The van der Waals surface area contributed by atoms with Gasteiger partial charge in [-0.2, -0.15) is 13.9 Å². The van der Waals surface area contributed by atoms with Crippen molar-refractivity contribution in [2.24, 2.45) is 7.05 Å². The highest BCUT2D eigenvalue weighted by Crippen LogP contribution is 2.43. The molecule has 0 atom stereocenters. The van der Waals surface area contributed by atoms with Crippen LogP contribution < -0.4 is 14.0 Å². The lowest BCUT2D eigenvalue weighted by molar-refractivity contribution is -0.581. The molecule has 0 fully saturated rings. The number of aliphatic hydroxyl groups is 1. The van der Waals surface area contributed by atoms with Crippen LogP contribution in [0.25, 0.3) is 44.3 Å². The number of alkyl halides is 4. The van der Waals surface area contributed by atoms with E-state index in [9.17, 15) is 22.3 Å². The number of aryl methyl sites for hydroxylation is 1. The highest BCUT2D eigenvalue weighted by Gasteiger charge is 2.44. The molecule has 1 aliphatic heterocycles. The first-order chi connectivity index (χ1) is 20.3. The molecule has 220 valence electrons. The number of nitrogens with zero attached hydrogens (tertiary/aromatic N) is 5. The van der Waals surface area contributed by atoms with Crippen molar-refractivity contribution >= 4 is 31.8 Å². The van der Waals surface area contributed by atoms with Crippen molar-refractivity contribution < 1.29 is 45.1 Å². The summed E-state index contributed by atoms with van der Waals surface area (Å²) in [6, 6.07) is 15.6. The maximum absolute atomic E-state index is 15.0. The third kappa shape index (κ3) is 4.18. The molecule has 0 saturated carbocycles. The molecule has 10 nitrogen and oxygen atoms in total. The van der Waals surface area contributed by atoms with Gasteiger partial charge in [0, 0.05) is 24.0 Å². The topological polar surface area (TPSA) is 112 Å². The van der Waals surface area contributed by atoms with Gasteiger partial charge in [0.05, 0.1) is 10.3 Å². The molecule has 7 rings (SSSR count). The van der Waals surface area contributed by atoms with Crippen molar-refractivity contribution in [2.75, 3.05) is 12.9 Å². The Balaban J connectivity index is 1.57. The van der Waals surface area contributed by atoms with Crippen molar-refractivity contribution in [3.63, 3.8) is 0 Å². The largest absolute Gasteiger partial charge is 0.586 e. The van der Waals surface area contributed by atoms with Gasteiger partial charge in [0.15, 0.2) is 38.1 Å². The summed E-state index contributed by atoms with van der Waals surface area (Å²) in [5.74, 6) is -4.11. The number of hydrogen-bond donors (Lipinski definition) is 1. The van der Waals surface area contributed by atoms with Gasteiger partial charge in [0.2, 0.25) is 11.9 Å². The lowest BCUT2D eigenvalue weighted by atomic mass is 10.0. The monoisotopic (exact) mass is 614 g/mol. The number of halogens is 4. The van der Waals surface area contributed by atoms with Crippen LogP contribution in [-0.2, 0) is 22.8 Å². The molecule has 1 aliphatic rings. The maximum Gasteiger partial charge on any atom is 0.586 e. The third-order valence-corrected chi connectivity index (χ3v) is 8.36. The number of rotatable bonds is 5. The van der Waals surface area contributed by atoms with Gasteiger partial charge in [0.1, 0.15) is 12.1 Å². The summed E-state index contributed by atoms with van der Waals surface area (Å²) >= 11 is 0. The van der Waals surface area contributed by atoms with E-state index in [-0.39, 0.29) is 27.4 Å². The molecule has 43 heavy (non-hydrogen) atoms. The van der Waals surface area contributed by atoms with Crippen LogP contribution in [0, 0.1) is 0 Å². The smallest absolute Gasteiger partial charge is 0.395 e. The molecular formula is C28H20F4N5O5S+. The van der Waals surface area contributed by atoms with Gasteiger partial charge in [-0.3, -0.25) is 4.68 Å². The first-order valence-corrected chi connectivity index (χ1v) is 14.6. The molecule has 6 aromatic rings. The zero-order valence-corrected chi connectivity index (χ0v) is 23.1. The number of ether oxygens (including phenoxy) is 2. The zero-order chi connectivity index (χ0) is 30.5. The molecule has 4 heterocycles. The van der Waals surface area contributed by atoms with E-state index in [1.807, 2.05) is 0 Å². The first kappa shape index (κ1) is 27.1. The Hall–Kier alpha value is -4.76. The summed E-state index contributed by atoms with van der Waals surface area (Å²) in [6.45, 7) is -1.50. The minimum Gasteiger partial charge on any atom is -0.395 e.